The first kappa shape index (κ1) is 41.0. The van der Waals surface area contributed by atoms with Crippen molar-refractivity contribution >= 4 is 77.1 Å². The number of hydrogen-bond acceptors (Lipinski definition) is 17. The Hall–Kier alpha value is -3.74. The van der Waals surface area contributed by atoms with Crippen LogP contribution in [0.5, 0.6) is 0 Å². The predicted molar refractivity (Wildman–Crippen MR) is 209 cm³/mol. The number of rotatable bonds is 8. The molecule has 1 aromatic carbocycles. The van der Waals surface area contributed by atoms with Crippen LogP contribution in [0.1, 0.15) is 36.7 Å². The molecule has 7 heterocycles. The molecule has 8 rings (SSSR count). The lowest BCUT2D eigenvalue weighted by Gasteiger charge is -2.28. The first-order valence-electron chi connectivity index (χ1n) is 17.8. The predicted octanol–water partition coefficient (Wildman–Crippen LogP) is 2.27. The number of halogens is 1. The molecule has 3 saturated heterocycles. The van der Waals surface area contributed by atoms with Crippen LogP contribution in [0.15, 0.2) is 54.1 Å². The van der Waals surface area contributed by atoms with E-state index in [2.05, 4.69) is 40.5 Å². The molecule has 21 nitrogen and oxygen atoms in total. The number of anilines is 2. The Morgan fingerprint density at radius 2 is 1.60 bits per heavy atom. The van der Waals surface area contributed by atoms with Crippen LogP contribution in [0.25, 0.3) is 22.3 Å². The smallest absolute Gasteiger partial charge is 0.325 e. The molecule has 0 spiro atoms. The van der Waals surface area contributed by atoms with Crippen LogP contribution in [0.4, 0.5) is 16.2 Å². The number of aromatic nitrogens is 8. The molecule has 4 aromatic heterocycles. The van der Waals surface area contributed by atoms with Crippen molar-refractivity contribution in [2.24, 2.45) is 11.8 Å². The van der Waals surface area contributed by atoms with Crippen LogP contribution in [-0.4, -0.2) is 117 Å². The number of H-pyrrole nitrogens is 1. The fraction of sp³-hybridized carbons (Fsp3) is 0.469. The molecule has 0 radical (unpaired) electrons. The second-order valence-corrected chi connectivity index (χ2v) is 19.6. The molecule has 6 N–H and O–H groups in total. The molecular weight excluding hydrogens is 845 g/mol. The number of fused-ring (bicyclic) bond motifs is 5. The van der Waals surface area contributed by atoms with Gasteiger partial charge in [0.15, 0.2) is 46.8 Å². The van der Waals surface area contributed by atoms with Gasteiger partial charge in [-0.2, -0.15) is 4.98 Å². The maximum atomic E-state index is 16.6. The molecule has 10 unspecified atom stereocenters. The standard InChI is InChI=1S/C32H37FN10O11P2S2/c1-15(2)8-34-32-40-27-22(29(46)41-32)38-14-43(27)31-23-17(9-44)18(51-31)10-49-56(48,58)54-24-19(11-50-55(47,57)53-23)52-30(20(24)33)42-13-37-21-25(35-12-36-26(21)42)39-28(45)16-6-4-3-5-7-16/h3-7,12-15,17-20,23-24,30-31,44H,8-11H2,1-2H3,(H,47,57)(H,48,58)(H2,34,40,41,46)(H,35,36,39,45). The number of ether oxygens (including phenoxy) is 2. The van der Waals surface area contributed by atoms with Crippen molar-refractivity contribution < 1.29 is 51.6 Å². The molecule has 3 fully saturated rings. The first-order valence-corrected chi connectivity index (χ1v) is 23.0. The SMILES string of the molecule is CC(C)CNc1nc2c(ncn2C2OC3COP(O)(=S)OC4C(COP(O)(=S)OC2C3CO)OC(n2cnc3c(NC(=O)c5ccccc5)ncnc32)C4F)c(=O)[nH]1. The summed E-state index contributed by atoms with van der Waals surface area (Å²) in [6, 6.07) is 8.41. The van der Waals surface area contributed by atoms with Gasteiger partial charge in [0.25, 0.3) is 11.5 Å². The Morgan fingerprint density at radius 3 is 2.31 bits per heavy atom. The van der Waals surface area contributed by atoms with E-state index >= 15 is 4.39 Å². The lowest BCUT2D eigenvalue weighted by molar-refractivity contribution is -0.0599. The normalized spacial score (nSPS) is 31.8. The minimum absolute atomic E-state index is 0.0314. The lowest BCUT2D eigenvalue weighted by atomic mass is 9.99. The van der Waals surface area contributed by atoms with Crippen LogP contribution >= 0.6 is 13.4 Å². The van der Waals surface area contributed by atoms with Crippen LogP contribution in [0.2, 0.25) is 0 Å². The molecular formula is C32H37FN10O11P2S2. The van der Waals surface area contributed by atoms with Crippen molar-refractivity contribution in [1.82, 2.24) is 39.0 Å². The van der Waals surface area contributed by atoms with Crippen molar-refractivity contribution in [2.45, 2.75) is 56.9 Å². The number of carbonyl (C=O) groups excluding carboxylic acids is 1. The fourth-order valence-electron chi connectivity index (χ4n) is 6.80. The minimum atomic E-state index is -4.32. The van der Waals surface area contributed by atoms with Gasteiger partial charge in [0, 0.05) is 18.0 Å². The van der Waals surface area contributed by atoms with E-state index in [9.17, 15) is 24.5 Å². The molecule has 3 aliphatic heterocycles. The molecule has 310 valence electrons. The largest absolute Gasteiger partial charge is 0.396 e. The Morgan fingerprint density at radius 1 is 0.948 bits per heavy atom. The van der Waals surface area contributed by atoms with Crippen LogP contribution in [0, 0.1) is 11.8 Å². The van der Waals surface area contributed by atoms with E-state index < -0.39 is 93.7 Å². The van der Waals surface area contributed by atoms with Crippen LogP contribution in [0.3, 0.4) is 0 Å². The third-order valence-electron chi connectivity index (χ3n) is 9.57. The van der Waals surface area contributed by atoms with Crippen molar-refractivity contribution in [3.05, 3.63) is 65.2 Å². The van der Waals surface area contributed by atoms with Crippen LogP contribution in [-0.2, 0) is 51.2 Å². The van der Waals surface area contributed by atoms with E-state index in [1.54, 1.807) is 30.3 Å². The second kappa shape index (κ2) is 16.4. The number of amides is 1. The van der Waals surface area contributed by atoms with Crippen molar-refractivity contribution in [2.75, 3.05) is 37.0 Å². The number of alkyl halides is 1. The number of nitrogens with one attached hydrogen (secondary N) is 3. The Bertz CT molecular complexity index is 2480. The van der Waals surface area contributed by atoms with Gasteiger partial charge in [0.05, 0.1) is 38.6 Å². The lowest BCUT2D eigenvalue weighted by Crippen LogP contribution is -2.34. The zero-order chi connectivity index (χ0) is 40.9. The monoisotopic (exact) mass is 882 g/mol. The van der Waals surface area contributed by atoms with E-state index in [4.69, 9.17) is 51.2 Å². The van der Waals surface area contributed by atoms with Crippen molar-refractivity contribution in [3.63, 3.8) is 0 Å². The highest BCUT2D eigenvalue weighted by Gasteiger charge is 2.53. The number of aliphatic hydroxyl groups excluding tert-OH is 1. The third-order valence-corrected chi connectivity index (χ3v) is 12.7. The first-order chi connectivity index (χ1) is 27.7. The quantitative estimate of drug-likeness (QED) is 0.122. The van der Waals surface area contributed by atoms with E-state index in [0.29, 0.717) is 12.1 Å². The second-order valence-electron chi connectivity index (χ2n) is 14.0. The van der Waals surface area contributed by atoms with Gasteiger partial charge in [-0.15, -0.1) is 0 Å². The highest BCUT2D eigenvalue weighted by molar-refractivity contribution is 8.07. The molecule has 3 aliphatic rings. The van der Waals surface area contributed by atoms with Crippen molar-refractivity contribution in [3.8, 4) is 0 Å². The zero-order valence-electron chi connectivity index (χ0n) is 30.5. The number of hydrogen-bond donors (Lipinski definition) is 6. The summed E-state index contributed by atoms with van der Waals surface area (Å²) in [5.41, 5.74) is 0.0778. The zero-order valence-corrected chi connectivity index (χ0v) is 33.9. The number of imidazole rings is 2. The summed E-state index contributed by atoms with van der Waals surface area (Å²) in [6.07, 6.45) is -6.53. The molecule has 58 heavy (non-hydrogen) atoms. The number of aromatic amines is 1. The van der Waals surface area contributed by atoms with Gasteiger partial charge < -0.3 is 48.6 Å². The molecule has 0 saturated carbocycles. The van der Waals surface area contributed by atoms with Gasteiger partial charge in [0.2, 0.25) is 5.95 Å². The summed E-state index contributed by atoms with van der Waals surface area (Å²) in [7, 11) is 0. The number of aliphatic hydroxyl groups is 1. The van der Waals surface area contributed by atoms with Gasteiger partial charge >= 0.3 is 13.4 Å². The van der Waals surface area contributed by atoms with Gasteiger partial charge in [-0.3, -0.25) is 28.2 Å². The Labute approximate surface area is 337 Å². The molecule has 1 amide bonds. The van der Waals surface area contributed by atoms with Crippen molar-refractivity contribution in [1.29, 1.82) is 0 Å². The summed E-state index contributed by atoms with van der Waals surface area (Å²) >= 11 is 10.7. The molecule has 26 heteroatoms. The molecule has 5 aromatic rings. The van der Waals surface area contributed by atoms with Gasteiger partial charge in [-0.05, 0) is 41.7 Å². The molecule has 2 bridgehead atoms. The highest BCUT2D eigenvalue weighted by atomic mass is 32.5. The maximum Gasteiger partial charge on any atom is 0.325 e. The summed E-state index contributed by atoms with van der Waals surface area (Å²) in [5, 5.41) is 16.3. The van der Waals surface area contributed by atoms with Gasteiger partial charge in [0.1, 0.15) is 24.6 Å². The number of benzene rings is 1. The Balaban J connectivity index is 1.07. The average Bonchev–Trinajstić information content (AvgIpc) is 3.96. The van der Waals surface area contributed by atoms with E-state index in [-0.39, 0.29) is 40.0 Å². The number of nitrogens with zero attached hydrogens (tertiary/aromatic N) is 7. The van der Waals surface area contributed by atoms with Gasteiger partial charge in [-0.1, -0.05) is 32.0 Å². The van der Waals surface area contributed by atoms with E-state index in [0.717, 1.165) is 6.33 Å². The summed E-state index contributed by atoms with van der Waals surface area (Å²) in [4.78, 5) is 72.6. The average molecular weight is 883 g/mol. The topological polar surface area (TPSA) is 264 Å². The summed E-state index contributed by atoms with van der Waals surface area (Å²) in [6.45, 7) is -5.89. The molecule has 10 atom stereocenters. The minimum Gasteiger partial charge on any atom is -0.396 e. The third kappa shape index (κ3) is 8.22. The summed E-state index contributed by atoms with van der Waals surface area (Å²) in [5.74, 6) is -1.00. The number of carbonyl (C=O) groups is 1. The maximum absolute atomic E-state index is 16.6. The van der Waals surface area contributed by atoms with Gasteiger partial charge in [-0.25, -0.2) is 24.3 Å². The summed E-state index contributed by atoms with van der Waals surface area (Å²) < 4.78 is 54.7. The Kier molecular flexibility index (Phi) is 11.6. The molecule has 0 aliphatic carbocycles. The van der Waals surface area contributed by atoms with E-state index in [1.165, 1.54) is 21.8 Å². The van der Waals surface area contributed by atoms with E-state index in [1.807, 2.05) is 13.8 Å². The highest BCUT2D eigenvalue weighted by Crippen LogP contribution is 2.55. The van der Waals surface area contributed by atoms with Crippen LogP contribution < -0.4 is 16.2 Å². The fourth-order valence-corrected chi connectivity index (χ4v) is 9.68.